The molecule has 146 valence electrons. The van der Waals surface area contributed by atoms with Gasteiger partial charge in [0.2, 0.25) is 0 Å². The van der Waals surface area contributed by atoms with Gasteiger partial charge in [0.25, 0.3) is 5.91 Å². The van der Waals surface area contributed by atoms with Crippen LogP contribution >= 0.6 is 0 Å². The van der Waals surface area contributed by atoms with E-state index in [1.54, 1.807) is 0 Å². The van der Waals surface area contributed by atoms with Gasteiger partial charge in [-0.05, 0) is 49.6 Å². The highest BCUT2D eigenvalue weighted by Gasteiger charge is 2.27. The van der Waals surface area contributed by atoms with Crippen molar-refractivity contribution in [2.75, 3.05) is 31.1 Å². The fraction of sp³-hybridized carbons (Fsp3) is 0.391. The van der Waals surface area contributed by atoms with Crippen LogP contribution in [-0.2, 0) is 6.42 Å². The minimum Gasteiger partial charge on any atom is -0.368 e. The molecule has 0 radical (unpaired) electrons. The zero-order chi connectivity index (χ0) is 19.7. The van der Waals surface area contributed by atoms with E-state index in [1.807, 2.05) is 34.6 Å². The van der Waals surface area contributed by atoms with Gasteiger partial charge in [-0.25, -0.2) is 4.98 Å². The zero-order valence-electron chi connectivity index (χ0n) is 17.0. The molecule has 28 heavy (non-hydrogen) atoms. The Morgan fingerprint density at radius 2 is 1.86 bits per heavy atom. The Hall–Kier alpha value is -2.82. The van der Waals surface area contributed by atoms with Gasteiger partial charge in [-0.1, -0.05) is 31.5 Å². The maximum Gasteiger partial charge on any atom is 0.272 e. The summed E-state index contributed by atoms with van der Waals surface area (Å²) >= 11 is 0. The number of benzene rings is 1. The van der Waals surface area contributed by atoms with Gasteiger partial charge in [0, 0.05) is 38.1 Å². The van der Waals surface area contributed by atoms with E-state index in [4.69, 9.17) is 4.98 Å². The first-order valence-corrected chi connectivity index (χ1v) is 10.2. The number of piperazine rings is 1. The third-order valence-electron chi connectivity index (χ3n) is 5.54. The lowest BCUT2D eigenvalue weighted by Gasteiger charge is -2.36. The third-order valence-corrected chi connectivity index (χ3v) is 5.54. The lowest BCUT2D eigenvalue weighted by atomic mass is 10.1. The Kier molecular flexibility index (Phi) is 5.07. The van der Waals surface area contributed by atoms with Crippen molar-refractivity contribution in [1.29, 1.82) is 0 Å². The zero-order valence-corrected chi connectivity index (χ0v) is 17.0. The Bertz CT molecular complexity index is 999. The Labute approximate surface area is 166 Å². The monoisotopic (exact) mass is 376 g/mol. The minimum absolute atomic E-state index is 0.102. The molecule has 1 saturated heterocycles. The molecule has 1 amide bonds. The Balaban J connectivity index is 1.57. The number of rotatable bonds is 4. The number of pyridine rings is 1. The number of amides is 1. The maximum atomic E-state index is 13.4. The molecule has 0 atom stereocenters. The largest absolute Gasteiger partial charge is 0.368 e. The van der Waals surface area contributed by atoms with Crippen molar-refractivity contribution in [3.05, 3.63) is 65.1 Å². The molecule has 1 aliphatic rings. The first kappa shape index (κ1) is 18.5. The summed E-state index contributed by atoms with van der Waals surface area (Å²) in [5.41, 5.74) is 6.16. The molecule has 1 aliphatic heterocycles. The number of aromatic nitrogens is 2. The lowest BCUT2D eigenvalue weighted by molar-refractivity contribution is 0.0738. The maximum absolute atomic E-state index is 13.4. The molecule has 5 heteroatoms. The second kappa shape index (κ2) is 7.66. The van der Waals surface area contributed by atoms with E-state index in [0.717, 1.165) is 61.6 Å². The van der Waals surface area contributed by atoms with Crippen molar-refractivity contribution >= 4 is 17.2 Å². The number of hydrogen-bond acceptors (Lipinski definition) is 3. The molecule has 0 bridgehead atoms. The van der Waals surface area contributed by atoms with Crippen LogP contribution in [0.5, 0.6) is 0 Å². The SMILES string of the molecule is CCCc1nc2c(C)cccn2c1C(=O)N1CCN(c2cccc(C)c2)CC1. The standard InChI is InChI=1S/C23H28N4O/c1-4-7-20-21(27-11-6-9-18(3)22(27)24-20)23(28)26-14-12-25(13-15-26)19-10-5-8-17(2)16-19/h5-6,8-11,16H,4,7,12-15H2,1-3H3. The number of carbonyl (C=O) groups excluding carboxylic acids is 1. The van der Waals surface area contributed by atoms with E-state index in [9.17, 15) is 4.79 Å². The summed E-state index contributed by atoms with van der Waals surface area (Å²) in [5.74, 6) is 0.102. The predicted molar refractivity (Wildman–Crippen MR) is 113 cm³/mol. The minimum atomic E-state index is 0.102. The van der Waals surface area contributed by atoms with Crippen LogP contribution in [0.4, 0.5) is 5.69 Å². The quantitative estimate of drug-likeness (QED) is 0.694. The fourth-order valence-corrected chi connectivity index (χ4v) is 4.03. The normalized spacial score (nSPS) is 14.7. The van der Waals surface area contributed by atoms with E-state index in [2.05, 4.69) is 43.0 Å². The molecule has 1 fully saturated rings. The van der Waals surface area contributed by atoms with Crippen LogP contribution in [0.25, 0.3) is 5.65 Å². The smallest absolute Gasteiger partial charge is 0.272 e. The molecule has 3 heterocycles. The summed E-state index contributed by atoms with van der Waals surface area (Å²) in [6.07, 6.45) is 3.76. The average molecular weight is 377 g/mol. The first-order valence-electron chi connectivity index (χ1n) is 10.2. The number of aryl methyl sites for hydroxylation is 3. The van der Waals surface area contributed by atoms with Gasteiger partial charge in [0.15, 0.2) is 0 Å². The molecule has 1 aromatic carbocycles. The molecule has 3 aromatic rings. The van der Waals surface area contributed by atoms with Crippen LogP contribution in [0.2, 0.25) is 0 Å². The molecule has 0 N–H and O–H groups in total. The van der Waals surface area contributed by atoms with Gasteiger partial charge in [-0.15, -0.1) is 0 Å². The second-order valence-corrected chi connectivity index (χ2v) is 7.66. The summed E-state index contributed by atoms with van der Waals surface area (Å²) in [4.78, 5) is 22.6. The second-order valence-electron chi connectivity index (χ2n) is 7.66. The number of fused-ring (bicyclic) bond motifs is 1. The molecular weight excluding hydrogens is 348 g/mol. The molecule has 2 aromatic heterocycles. The van der Waals surface area contributed by atoms with Crippen LogP contribution in [0.3, 0.4) is 0 Å². The van der Waals surface area contributed by atoms with Gasteiger partial charge in [-0.3, -0.25) is 9.20 Å². The number of hydrogen-bond donors (Lipinski definition) is 0. The van der Waals surface area contributed by atoms with E-state index in [1.165, 1.54) is 11.3 Å². The highest BCUT2D eigenvalue weighted by atomic mass is 16.2. The molecule has 5 nitrogen and oxygen atoms in total. The van der Waals surface area contributed by atoms with Gasteiger partial charge in [0.1, 0.15) is 11.3 Å². The fourth-order valence-electron chi connectivity index (χ4n) is 4.03. The van der Waals surface area contributed by atoms with Crippen LogP contribution in [-0.4, -0.2) is 46.4 Å². The van der Waals surface area contributed by atoms with Gasteiger partial charge < -0.3 is 9.80 Å². The number of carbonyl (C=O) groups is 1. The van der Waals surface area contributed by atoms with Gasteiger partial charge >= 0.3 is 0 Å². The summed E-state index contributed by atoms with van der Waals surface area (Å²) in [6.45, 7) is 9.47. The Morgan fingerprint density at radius 3 is 2.57 bits per heavy atom. The van der Waals surface area contributed by atoms with Crippen LogP contribution in [0.15, 0.2) is 42.6 Å². The number of imidazole rings is 1. The molecule has 0 aliphatic carbocycles. The van der Waals surface area contributed by atoms with Crippen molar-refractivity contribution in [3.8, 4) is 0 Å². The average Bonchev–Trinajstić information content (AvgIpc) is 3.07. The molecule has 0 unspecified atom stereocenters. The van der Waals surface area contributed by atoms with E-state index in [0.29, 0.717) is 0 Å². The van der Waals surface area contributed by atoms with Crippen molar-refractivity contribution in [2.45, 2.75) is 33.6 Å². The highest BCUT2D eigenvalue weighted by Crippen LogP contribution is 2.22. The van der Waals surface area contributed by atoms with Crippen molar-refractivity contribution < 1.29 is 4.79 Å². The molecule has 0 saturated carbocycles. The van der Waals surface area contributed by atoms with E-state index in [-0.39, 0.29) is 5.91 Å². The predicted octanol–water partition coefficient (Wildman–Crippen LogP) is 3.87. The summed E-state index contributed by atoms with van der Waals surface area (Å²) < 4.78 is 1.98. The van der Waals surface area contributed by atoms with Gasteiger partial charge in [-0.2, -0.15) is 0 Å². The molecule has 0 spiro atoms. The molecule has 4 rings (SSSR count). The third kappa shape index (κ3) is 3.37. The Morgan fingerprint density at radius 1 is 1.07 bits per heavy atom. The highest BCUT2D eigenvalue weighted by molar-refractivity contribution is 5.95. The van der Waals surface area contributed by atoms with Crippen LogP contribution in [0.1, 0.15) is 40.7 Å². The topological polar surface area (TPSA) is 40.9 Å². The van der Waals surface area contributed by atoms with Crippen molar-refractivity contribution in [1.82, 2.24) is 14.3 Å². The summed E-state index contributed by atoms with van der Waals surface area (Å²) in [6, 6.07) is 12.6. The summed E-state index contributed by atoms with van der Waals surface area (Å²) in [7, 11) is 0. The summed E-state index contributed by atoms with van der Waals surface area (Å²) in [5, 5.41) is 0. The molecular formula is C23H28N4O. The van der Waals surface area contributed by atoms with Crippen molar-refractivity contribution in [3.63, 3.8) is 0 Å². The number of anilines is 1. The van der Waals surface area contributed by atoms with Crippen LogP contribution < -0.4 is 4.90 Å². The van der Waals surface area contributed by atoms with E-state index >= 15 is 0 Å². The number of nitrogens with zero attached hydrogens (tertiary/aromatic N) is 4. The van der Waals surface area contributed by atoms with Crippen LogP contribution in [0, 0.1) is 13.8 Å². The van der Waals surface area contributed by atoms with Gasteiger partial charge in [0.05, 0.1) is 5.69 Å². The van der Waals surface area contributed by atoms with Crippen molar-refractivity contribution in [2.24, 2.45) is 0 Å². The lowest BCUT2D eigenvalue weighted by Crippen LogP contribution is -2.49. The first-order chi connectivity index (χ1) is 13.6. The van der Waals surface area contributed by atoms with E-state index < -0.39 is 0 Å².